The zero-order valence-corrected chi connectivity index (χ0v) is 25.2. The average Bonchev–Trinajstić information content (AvgIpc) is 3.59. The van der Waals surface area contributed by atoms with Crippen molar-refractivity contribution in [1.29, 1.82) is 0 Å². The van der Waals surface area contributed by atoms with Crippen molar-refractivity contribution in [3.05, 3.63) is 198 Å². The van der Waals surface area contributed by atoms with Gasteiger partial charge in [0.15, 0.2) is 0 Å². The molecule has 0 radical (unpaired) electrons. The summed E-state index contributed by atoms with van der Waals surface area (Å²) in [5.74, 6) is 0. The van der Waals surface area contributed by atoms with Crippen molar-refractivity contribution in [2.75, 3.05) is 4.90 Å². The SMILES string of the molecule is c1ccc(N(c2ccc3c(c2)C2(c4ccccc4-c4ccccc42)c2ccc4ccccc4c2-3)c2ccc3ccccc3c2)cc1. The van der Waals surface area contributed by atoms with Crippen LogP contribution in [0.15, 0.2) is 176 Å². The normalized spacial score (nSPS) is 13.4. The van der Waals surface area contributed by atoms with Crippen LogP contribution in [-0.4, -0.2) is 0 Å². The maximum atomic E-state index is 2.48. The van der Waals surface area contributed by atoms with Crippen LogP contribution in [0.5, 0.6) is 0 Å². The highest BCUT2D eigenvalue weighted by molar-refractivity contribution is 6.06. The molecule has 0 N–H and O–H groups in total. The number of hydrogen-bond acceptors (Lipinski definition) is 1. The molecule has 0 saturated carbocycles. The predicted octanol–water partition coefficient (Wildman–Crippen LogP) is 11.8. The first-order chi connectivity index (χ1) is 22.8. The second-order valence-corrected chi connectivity index (χ2v) is 12.5. The van der Waals surface area contributed by atoms with Gasteiger partial charge in [-0.3, -0.25) is 0 Å². The summed E-state index contributed by atoms with van der Waals surface area (Å²) in [4.78, 5) is 2.41. The maximum Gasteiger partial charge on any atom is 0.0726 e. The van der Waals surface area contributed by atoms with Gasteiger partial charge in [-0.05, 0) is 102 Å². The summed E-state index contributed by atoms with van der Waals surface area (Å²) in [5.41, 5.74) is 13.8. The van der Waals surface area contributed by atoms with Gasteiger partial charge in [-0.2, -0.15) is 0 Å². The largest absolute Gasteiger partial charge is 0.310 e. The Morgan fingerprint density at radius 2 is 0.913 bits per heavy atom. The molecule has 214 valence electrons. The van der Waals surface area contributed by atoms with Crippen LogP contribution in [0.2, 0.25) is 0 Å². The lowest BCUT2D eigenvalue weighted by Crippen LogP contribution is -2.26. The fourth-order valence-electron chi connectivity index (χ4n) is 8.37. The molecule has 2 aliphatic rings. The number of anilines is 3. The van der Waals surface area contributed by atoms with E-state index >= 15 is 0 Å². The summed E-state index contributed by atoms with van der Waals surface area (Å²) in [7, 11) is 0. The predicted molar refractivity (Wildman–Crippen MR) is 192 cm³/mol. The molecule has 8 aromatic rings. The van der Waals surface area contributed by atoms with Crippen LogP contribution in [0.4, 0.5) is 17.1 Å². The summed E-state index contributed by atoms with van der Waals surface area (Å²) in [6.45, 7) is 0. The second kappa shape index (κ2) is 9.54. The van der Waals surface area contributed by atoms with Gasteiger partial charge < -0.3 is 4.90 Å². The van der Waals surface area contributed by atoms with Crippen LogP contribution >= 0.6 is 0 Å². The van der Waals surface area contributed by atoms with Crippen LogP contribution in [0, 0.1) is 0 Å². The summed E-state index contributed by atoms with van der Waals surface area (Å²) in [6, 6.07) is 65.0. The van der Waals surface area contributed by atoms with Gasteiger partial charge in [0.05, 0.1) is 5.41 Å². The van der Waals surface area contributed by atoms with E-state index in [9.17, 15) is 0 Å². The molecule has 8 aromatic carbocycles. The van der Waals surface area contributed by atoms with Gasteiger partial charge in [-0.25, -0.2) is 0 Å². The molecular formula is C45H29N. The van der Waals surface area contributed by atoms with E-state index in [2.05, 4.69) is 181 Å². The highest BCUT2D eigenvalue weighted by Gasteiger charge is 2.52. The number of para-hydroxylation sites is 1. The van der Waals surface area contributed by atoms with Crippen LogP contribution in [0.1, 0.15) is 22.3 Å². The molecule has 0 fully saturated rings. The first-order valence-electron chi connectivity index (χ1n) is 16.0. The molecule has 1 heteroatoms. The maximum absolute atomic E-state index is 2.48. The Bertz CT molecular complexity index is 2440. The fourth-order valence-corrected chi connectivity index (χ4v) is 8.37. The molecule has 0 aromatic heterocycles. The highest BCUT2D eigenvalue weighted by atomic mass is 15.1. The smallest absolute Gasteiger partial charge is 0.0726 e. The van der Waals surface area contributed by atoms with Crippen LogP contribution < -0.4 is 4.90 Å². The lowest BCUT2D eigenvalue weighted by Gasteiger charge is -2.32. The Balaban J connectivity index is 1.31. The molecule has 10 rings (SSSR count). The third-order valence-corrected chi connectivity index (χ3v) is 10.2. The first kappa shape index (κ1) is 25.4. The lowest BCUT2D eigenvalue weighted by atomic mass is 9.70. The molecule has 0 bridgehead atoms. The summed E-state index contributed by atoms with van der Waals surface area (Å²) in [6.07, 6.45) is 0. The van der Waals surface area contributed by atoms with Gasteiger partial charge in [0.25, 0.3) is 0 Å². The quantitative estimate of drug-likeness (QED) is 0.200. The minimum absolute atomic E-state index is 0.413. The van der Waals surface area contributed by atoms with Gasteiger partial charge >= 0.3 is 0 Å². The van der Waals surface area contributed by atoms with E-state index in [4.69, 9.17) is 0 Å². The zero-order chi connectivity index (χ0) is 30.2. The second-order valence-electron chi connectivity index (χ2n) is 12.5. The van der Waals surface area contributed by atoms with Gasteiger partial charge in [0.2, 0.25) is 0 Å². The molecular weight excluding hydrogens is 555 g/mol. The molecule has 1 nitrogen and oxygen atoms in total. The topological polar surface area (TPSA) is 3.24 Å². The van der Waals surface area contributed by atoms with E-state index in [0.717, 1.165) is 17.1 Å². The Kier molecular flexibility index (Phi) is 5.27. The van der Waals surface area contributed by atoms with E-state index in [1.54, 1.807) is 0 Å². The van der Waals surface area contributed by atoms with E-state index in [1.807, 2.05) is 0 Å². The van der Waals surface area contributed by atoms with Crippen molar-refractivity contribution in [2.24, 2.45) is 0 Å². The van der Waals surface area contributed by atoms with Crippen molar-refractivity contribution in [2.45, 2.75) is 5.41 Å². The Morgan fingerprint density at radius 1 is 0.326 bits per heavy atom. The van der Waals surface area contributed by atoms with Crippen LogP contribution in [0.3, 0.4) is 0 Å². The Labute approximate surface area is 268 Å². The fraction of sp³-hybridized carbons (Fsp3) is 0.0222. The van der Waals surface area contributed by atoms with Crippen molar-refractivity contribution in [3.63, 3.8) is 0 Å². The molecule has 0 aliphatic heterocycles. The summed E-state index contributed by atoms with van der Waals surface area (Å²) < 4.78 is 0. The highest BCUT2D eigenvalue weighted by Crippen LogP contribution is 2.64. The number of fused-ring (bicyclic) bond motifs is 13. The number of rotatable bonds is 3. The molecule has 0 heterocycles. The average molecular weight is 584 g/mol. The van der Waals surface area contributed by atoms with E-state index < -0.39 is 5.41 Å². The minimum atomic E-state index is -0.413. The van der Waals surface area contributed by atoms with Crippen molar-refractivity contribution in [3.8, 4) is 22.3 Å². The van der Waals surface area contributed by atoms with Gasteiger partial charge in [-0.15, -0.1) is 0 Å². The number of nitrogens with zero attached hydrogens (tertiary/aromatic N) is 1. The Hall–Kier alpha value is -5.92. The Morgan fingerprint density at radius 3 is 1.70 bits per heavy atom. The van der Waals surface area contributed by atoms with Gasteiger partial charge in [0, 0.05) is 17.1 Å². The van der Waals surface area contributed by atoms with Crippen LogP contribution in [0.25, 0.3) is 43.8 Å². The standard InChI is InChI=1S/C45H29N/c1-2-15-33(16-3-1)46(34-24-22-30-12-4-5-14-32(30)28-34)35-25-26-39-43(29-35)45(42-27-23-31-13-6-7-17-36(31)44(39)42)40-20-10-8-18-37(40)38-19-9-11-21-41(38)45/h1-29H. The first-order valence-corrected chi connectivity index (χ1v) is 16.0. The van der Waals surface area contributed by atoms with Crippen molar-refractivity contribution in [1.82, 2.24) is 0 Å². The number of benzene rings is 8. The van der Waals surface area contributed by atoms with Crippen molar-refractivity contribution < 1.29 is 0 Å². The van der Waals surface area contributed by atoms with Gasteiger partial charge in [-0.1, -0.05) is 140 Å². The molecule has 0 amide bonds. The summed E-state index contributed by atoms with van der Waals surface area (Å²) in [5, 5.41) is 5.06. The van der Waals surface area contributed by atoms with Crippen LogP contribution in [-0.2, 0) is 5.41 Å². The van der Waals surface area contributed by atoms with Gasteiger partial charge in [0.1, 0.15) is 0 Å². The third-order valence-electron chi connectivity index (χ3n) is 10.2. The lowest BCUT2D eigenvalue weighted by molar-refractivity contribution is 0.794. The zero-order valence-electron chi connectivity index (χ0n) is 25.2. The molecule has 0 saturated heterocycles. The molecule has 0 unspecified atom stereocenters. The van der Waals surface area contributed by atoms with E-state index in [1.165, 1.54) is 66.1 Å². The monoisotopic (exact) mass is 583 g/mol. The summed E-state index contributed by atoms with van der Waals surface area (Å²) >= 11 is 0. The molecule has 1 spiro atoms. The van der Waals surface area contributed by atoms with E-state index in [0.29, 0.717) is 0 Å². The molecule has 0 atom stereocenters. The number of hydrogen-bond donors (Lipinski definition) is 0. The molecule has 2 aliphatic carbocycles. The third kappa shape index (κ3) is 3.35. The van der Waals surface area contributed by atoms with Crippen molar-refractivity contribution >= 4 is 38.6 Å². The molecule has 46 heavy (non-hydrogen) atoms. The minimum Gasteiger partial charge on any atom is -0.310 e. The van der Waals surface area contributed by atoms with E-state index in [-0.39, 0.29) is 0 Å².